The second-order valence-electron chi connectivity index (χ2n) is 4.81. The molecule has 0 bridgehead atoms. The number of nitrogens with one attached hydrogen (secondary N) is 2. The molecule has 0 saturated heterocycles. The Labute approximate surface area is 165 Å². The molecule has 1 heterocycles. The van der Waals surface area contributed by atoms with Crippen molar-refractivity contribution in [3.05, 3.63) is 40.7 Å². The molecule has 0 aliphatic carbocycles. The van der Waals surface area contributed by atoms with Gasteiger partial charge in [0.25, 0.3) is 0 Å². The highest BCUT2D eigenvalue weighted by molar-refractivity contribution is 14.0. The number of nitrogens with zero attached hydrogens (tertiary/aromatic N) is 2. The fourth-order valence-electron chi connectivity index (χ4n) is 2.00. The van der Waals surface area contributed by atoms with Crippen LogP contribution in [0.5, 0.6) is 0 Å². The first-order valence-electron chi connectivity index (χ1n) is 7.93. The van der Waals surface area contributed by atoms with E-state index in [4.69, 9.17) is 4.74 Å². The van der Waals surface area contributed by atoms with Crippen LogP contribution in [0.1, 0.15) is 18.9 Å². The number of rotatable bonds is 8. The van der Waals surface area contributed by atoms with Gasteiger partial charge in [-0.1, -0.05) is 30.3 Å². The van der Waals surface area contributed by atoms with E-state index in [0.29, 0.717) is 13.2 Å². The third-order valence-corrected chi connectivity index (χ3v) is 3.91. The van der Waals surface area contributed by atoms with Gasteiger partial charge in [-0.05, 0) is 13.8 Å². The second kappa shape index (κ2) is 12.2. The summed E-state index contributed by atoms with van der Waals surface area (Å²) in [6.07, 6.45) is 0. The van der Waals surface area contributed by atoms with Gasteiger partial charge in [-0.2, -0.15) is 0 Å². The number of guanidine groups is 1. The lowest BCUT2D eigenvalue weighted by Gasteiger charge is -2.10. The largest absolute Gasteiger partial charge is 0.380 e. The summed E-state index contributed by atoms with van der Waals surface area (Å²) in [5.74, 6) is 0.795. The SMILES string of the molecule is CCNC(=NCc1nc(-c2ccccc2)cs1)NCCOCC.I. The Bertz CT molecular complexity index is 604. The number of ether oxygens (including phenoxy) is 1. The summed E-state index contributed by atoms with van der Waals surface area (Å²) in [4.78, 5) is 9.23. The lowest BCUT2D eigenvalue weighted by molar-refractivity contribution is 0.152. The summed E-state index contributed by atoms with van der Waals surface area (Å²) in [6, 6.07) is 10.2. The molecular formula is C17H25IN4OS. The predicted octanol–water partition coefficient (Wildman–Crippen LogP) is 3.52. The van der Waals surface area contributed by atoms with Crippen molar-refractivity contribution in [1.82, 2.24) is 15.6 Å². The fraction of sp³-hybridized carbons (Fsp3) is 0.412. The molecule has 0 spiro atoms. The third-order valence-electron chi connectivity index (χ3n) is 3.08. The monoisotopic (exact) mass is 460 g/mol. The molecule has 0 unspecified atom stereocenters. The third kappa shape index (κ3) is 7.14. The Morgan fingerprint density at radius 2 is 2.00 bits per heavy atom. The van der Waals surface area contributed by atoms with Gasteiger partial charge in [0.05, 0.1) is 18.8 Å². The number of hydrogen-bond acceptors (Lipinski definition) is 4. The van der Waals surface area contributed by atoms with Gasteiger partial charge in [-0.3, -0.25) is 0 Å². The molecule has 0 radical (unpaired) electrons. The molecule has 0 atom stereocenters. The van der Waals surface area contributed by atoms with Crippen LogP contribution in [0.2, 0.25) is 0 Å². The van der Waals surface area contributed by atoms with Crippen molar-refractivity contribution < 1.29 is 4.74 Å². The minimum absolute atomic E-state index is 0. The van der Waals surface area contributed by atoms with Gasteiger partial charge in [0, 0.05) is 30.6 Å². The van der Waals surface area contributed by atoms with Crippen LogP contribution in [0.15, 0.2) is 40.7 Å². The number of aromatic nitrogens is 1. The first-order valence-corrected chi connectivity index (χ1v) is 8.81. The van der Waals surface area contributed by atoms with E-state index < -0.39 is 0 Å². The summed E-state index contributed by atoms with van der Waals surface area (Å²) >= 11 is 1.64. The number of halogens is 1. The molecule has 0 aliphatic rings. The average Bonchev–Trinajstić information content (AvgIpc) is 3.06. The van der Waals surface area contributed by atoms with Gasteiger partial charge in [0.2, 0.25) is 0 Å². The van der Waals surface area contributed by atoms with Crippen LogP contribution in [0.25, 0.3) is 11.3 Å². The van der Waals surface area contributed by atoms with Crippen molar-refractivity contribution in [3.8, 4) is 11.3 Å². The van der Waals surface area contributed by atoms with Crippen LogP contribution < -0.4 is 10.6 Å². The quantitative estimate of drug-likeness (QED) is 0.274. The Morgan fingerprint density at radius 3 is 2.71 bits per heavy atom. The molecule has 132 valence electrons. The summed E-state index contributed by atoms with van der Waals surface area (Å²) in [5, 5.41) is 9.57. The van der Waals surface area contributed by atoms with E-state index in [1.54, 1.807) is 11.3 Å². The maximum atomic E-state index is 5.32. The Morgan fingerprint density at radius 1 is 1.21 bits per heavy atom. The van der Waals surface area contributed by atoms with Crippen LogP contribution >= 0.6 is 35.3 Å². The number of benzene rings is 1. The standard InChI is InChI=1S/C17H24N4OS.HI/c1-3-18-17(19-10-11-22-4-2)20-12-16-21-15(13-23-16)14-8-6-5-7-9-14;/h5-9,13H,3-4,10-12H2,1-2H3,(H2,18,19,20);1H. The van der Waals surface area contributed by atoms with E-state index in [9.17, 15) is 0 Å². The Kier molecular flexibility index (Phi) is 10.6. The first-order chi connectivity index (χ1) is 11.3. The number of thiazole rings is 1. The van der Waals surface area contributed by atoms with E-state index >= 15 is 0 Å². The topological polar surface area (TPSA) is 58.5 Å². The van der Waals surface area contributed by atoms with Gasteiger partial charge < -0.3 is 15.4 Å². The van der Waals surface area contributed by atoms with E-state index in [2.05, 4.69) is 45.0 Å². The Balaban J connectivity index is 0.00000288. The van der Waals surface area contributed by atoms with Gasteiger partial charge in [-0.15, -0.1) is 35.3 Å². The summed E-state index contributed by atoms with van der Waals surface area (Å²) in [6.45, 7) is 7.59. The lowest BCUT2D eigenvalue weighted by Crippen LogP contribution is -2.39. The van der Waals surface area contributed by atoms with Gasteiger partial charge >= 0.3 is 0 Å². The highest BCUT2D eigenvalue weighted by atomic mass is 127. The molecular weight excluding hydrogens is 435 g/mol. The molecule has 7 heteroatoms. The molecule has 2 rings (SSSR count). The van der Waals surface area contributed by atoms with Gasteiger partial charge in [0.15, 0.2) is 5.96 Å². The molecule has 0 fully saturated rings. The van der Waals surface area contributed by atoms with Crippen molar-refractivity contribution >= 4 is 41.3 Å². The lowest BCUT2D eigenvalue weighted by atomic mass is 10.2. The molecule has 0 saturated carbocycles. The zero-order valence-corrected chi connectivity index (χ0v) is 17.3. The molecule has 2 N–H and O–H groups in total. The van der Waals surface area contributed by atoms with Gasteiger partial charge in [-0.25, -0.2) is 9.98 Å². The normalized spacial score (nSPS) is 11.0. The first kappa shape index (κ1) is 20.9. The molecule has 1 aromatic heterocycles. The van der Waals surface area contributed by atoms with Crippen LogP contribution in [-0.4, -0.2) is 37.2 Å². The smallest absolute Gasteiger partial charge is 0.191 e. The predicted molar refractivity (Wildman–Crippen MR) is 112 cm³/mol. The van der Waals surface area contributed by atoms with Crippen molar-refractivity contribution in [1.29, 1.82) is 0 Å². The molecule has 2 aromatic rings. The summed E-state index contributed by atoms with van der Waals surface area (Å²) in [5.41, 5.74) is 2.15. The maximum Gasteiger partial charge on any atom is 0.191 e. The summed E-state index contributed by atoms with van der Waals surface area (Å²) in [7, 11) is 0. The zero-order chi connectivity index (χ0) is 16.3. The molecule has 5 nitrogen and oxygen atoms in total. The fourth-order valence-corrected chi connectivity index (χ4v) is 2.73. The van der Waals surface area contributed by atoms with Crippen LogP contribution in [0.4, 0.5) is 0 Å². The van der Waals surface area contributed by atoms with E-state index in [1.165, 1.54) is 0 Å². The van der Waals surface area contributed by atoms with Crippen molar-refractivity contribution in [3.63, 3.8) is 0 Å². The molecule has 1 aromatic carbocycles. The maximum absolute atomic E-state index is 5.32. The highest BCUT2D eigenvalue weighted by Crippen LogP contribution is 2.21. The highest BCUT2D eigenvalue weighted by Gasteiger charge is 2.04. The van der Waals surface area contributed by atoms with E-state index in [0.717, 1.165) is 41.9 Å². The van der Waals surface area contributed by atoms with Crippen molar-refractivity contribution in [2.45, 2.75) is 20.4 Å². The van der Waals surface area contributed by atoms with Crippen molar-refractivity contribution in [2.75, 3.05) is 26.3 Å². The van der Waals surface area contributed by atoms with E-state index in [-0.39, 0.29) is 24.0 Å². The van der Waals surface area contributed by atoms with Crippen molar-refractivity contribution in [2.24, 2.45) is 4.99 Å². The zero-order valence-electron chi connectivity index (χ0n) is 14.1. The Hall–Kier alpha value is -1.19. The number of hydrogen-bond donors (Lipinski definition) is 2. The van der Waals surface area contributed by atoms with Crippen LogP contribution in [0, 0.1) is 0 Å². The van der Waals surface area contributed by atoms with Crippen LogP contribution in [-0.2, 0) is 11.3 Å². The molecule has 24 heavy (non-hydrogen) atoms. The second-order valence-corrected chi connectivity index (χ2v) is 5.75. The molecule has 0 amide bonds. The van der Waals surface area contributed by atoms with Crippen LogP contribution in [0.3, 0.4) is 0 Å². The summed E-state index contributed by atoms with van der Waals surface area (Å²) < 4.78 is 5.32. The minimum atomic E-state index is 0. The molecule has 0 aliphatic heterocycles. The average molecular weight is 460 g/mol. The minimum Gasteiger partial charge on any atom is -0.380 e. The number of aliphatic imine (C=N–C) groups is 1. The van der Waals surface area contributed by atoms with Gasteiger partial charge in [0.1, 0.15) is 5.01 Å². The van der Waals surface area contributed by atoms with E-state index in [1.807, 2.05) is 25.1 Å².